The van der Waals surface area contributed by atoms with Crippen LogP contribution in [-0.2, 0) is 0 Å². The zero-order valence-corrected chi connectivity index (χ0v) is 8.47. The van der Waals surface area contributed by atoms with Gasteiger partial charge in [-0.3, -0.25) is 0 Å². The Morgan fingerprint density at radius 3 is 2.92 bits per heavy atom. The van der Waals surface area contributed by atoms with E-state index in [-0.39, 0.29) is 0 Å². The van der Waals surface area contributed by atoms with Gasteiger partial charge < -0.3 is 4.52 Å². The van der Waals surface area contributed by atoms with Gasteiger partial charge in [-0.2, -0.15) is 11.8 Å². The predicted molar refractivity (Wildman–Crippen MR) is 55.9 cm³/mol. The Labute approximate surface area is 81.3 Å². The zero-order valence-electron chi connectivity index (χ0n) is 7.65. The quantitative estimate of drug-likeness (QED) is 0.732. The lowest BCUT2D eigenvalue weighted by atomic mass is 10.2. The van der Waals surface area contributed by atoms with Crippen LogP contribution >= 0.6 is 11.8 Å². The van der Waals surface area contributed by atoms with Crippen LogP contribution in [-0.4, -0.2) is 11.4 Å². The molecule has 0 saturated carbocycles. The Balaban J connectivity index is 2.57. The normalized spacial score (nSPS) is 13.4. The molecule has 1 aromatic carbocycles. The van der Waals surface area contributed by atoms with E-state index in [9.17, 15) is 0 Å². The summed E-state index contributed by atoms with van der Waals surface area (Å²) in [5, 5.41) is 5.59. The van der Waals surface area contributed by atoms with Gasteiger partial charge in [0, 0.05) is 10.6 Å². The minimum absolute atomic E-state index is 0.392. The molecule has 1 atom stereocenters. The largest absolute Gasteiger partial charge is 0.356 e. The fourth-order valence-corrected chi connectivity index (χ4v) is 1.70. The molecule has 0 fully saturated rings. The first-order valence-electron chi connectivity index (χ1n) is 4.20. The van der Waals surface area contributed by atoms with Crippen molar-refractivity contribution >= 4 is 22.7 Å². The highest BCUT2D eigenvalue weighted by atomic mass is 32.2. The lowest BCUT2D eigenvalue weighted by molar-refractivity contribution is 0.446. The van der Waals surface area contributed by atoms with Gasteiger partial charge in [-0.1, -0.05) is 17.3 Å². The van der Waals surface area contributed by atoms with Crippen LogP contribution in [0.25, 0.3) is 11.0 Å². The summed E-state index contributed by atoms with van der Waals surface area (Å²) in [7, 11) is 0. The van der Waals surface area contributed by atoms with E-state index >= 15 is 0 Å². The van der Waals surface area contributed by atoms with Gasteiger partial charge in [0.15, 0.2) is 5.58 Å². The summed E-state index contributed by atoms with van der Waals surface area (Å²) < 4.78 is 5.21. The molecule has 0 aliphatic carbocycles. The van der Waals surface area contributed by atoms with E-state index in [1.807, 2.05) is 24.3 Å². The standard InChI is InChI=1S/C10H11NOS/c1-7(13-2)10-8-5-3-4-6-9(8)12-11-10/h3-7H,1-2H3. The van der Waals surface area contributed by atoms with E-state index in [1.54, 1.807) is 11.8 Å². The number of fused-ring (bicyclic) bond motifs is 1. The van der Waals surface area contributed by atoms with Gasteiger partial charge in [0.05, 0.1) is 0 Å². The van der Waals surface area contributed by atoms with Crippen molar-refractivity contribution in [1.82, 2.24) is 5.16 Å². The number of hydrogen-bond donors (Lipinski definition) is 0. The van der Waals surface area contributed by atoms with Crippen LogP contribution in [0.5, 0.6) is 0 Å². The van der Waals surface area contributed by atoms with Crippen LogP contribution in [0.3, 0.4) is 0 Å². The highest BCUT2D eigenvalue weighted by Crippen LogP contribution is 2.30. The molecule has 0 aliphatic heterocycles. The SMILES string of the molecule is CSC(C)c1noc2ccccc12. The van der Waals surface area contributed by atoms with Crippen molar-refractivity contribution in [2.45, 2.75) is 12.2 Å². The zero-order chi connectivity index (χ0) is 9.26. The summed E-state index contributed by atoms with van der Waals surface area (Å²) in [5.74, 6) is 0. The third kappa shape index (κ3) is 1.44. The summed E-state index contributed by atoms with van der Waals surface area (Å²) in [6, 6.07) is 7.96. The van der Waals surface area contributed by atoms with E-state index in [2.05, 4.69) is 18.3 Å². The third-order valence-electron chi connectivity index (χ3n) is 2.14. The summed E-state index contributed by atoms with van der Waals surface area (Å²) in [6.45, 7) is 2.13. The fraction of sp³-hybridized carbons (Fsp3) is 0.300. The smallest absolute Gasteiger partial charge is 0.167 e. The molecule has 1 unspecified atom stereocenters. The van der Waals surface area contributed by atoms with Crippen molar-refractivity contribution in [2.75, 3.05) is 6.26 Å². The lowest BCUT2D eigenvalue weighted by Crippen LogP contribution is -1.86. The molecular formula is C10H11NOS. The average molecular weight is 193 g/mol. The molecule has 0 N–H and O–H groups in total. The van der Waals surface area contributed by atoms with Gasteiger partial charge in [0.1, 0.15) is 5.69 Å². The molecule has 2 nitrogen and oxygen atoms in total. The summed E-state index contributed by atoms with van der Waals surface area (Å²) >= 11 is 1.77. The molecule has 0 aliphatic rings. The first-order valence-corrected chi connectivity index (χ1v) is 5.49. The van der Waals surface area contributed by atoms with Crippen molar-refractivity contribution in [3.8, 4) is 0 Å². The highest BCUT2D eigenvalue weighted by Gasteiger charge is 2.12. The number of aromatic nitrogens is 1. The molecule has 0 spiro atoms. The Kier molecular flexibility index (Phi) is 2.27. The van der Waals surface area contributed by atoms with E-state index in [4.69, 9.17) is 4.52 Å². The van der Waals surface area contributed by atoms with Gasteiger partial charge in [0.2, 0.25) is 0 Å². The van der Waals surface area contributed by atoms with E-state index in [0.29, 0.717) is 5.25 Å². The van der Waals surface area contributed by atoms with E-state index in [1.165, 1.54) is 0 Å². The van der Waals surface area contributed by atoms with Crippen molar-refractivity contribution in [2.24, 2.45) is 0 Å². The Hall–Kier alpha value is -0.960. The topological polar surface area (TPSA) is 26.0 Å². The second-order valence-corrected chi connectivity index (χ2v) is 4.12. The van der Waals surface area contributed by atoms with Crippen LogP contribution in [0, 0.1) is 0 Å². The number of thioether (sulfide) groups is 1. The Morgan fingerprint density at radius 1 is 1.38 bits per heavy atom. The first-order chi connectivity index (χ1) is 6.33. The Bertz CT molecular complexity index is 410. The predicted octanol–water partition coefficient (Wildman–Crippen LogP) is 3.25. The maximum Gasteiger partial charge on any atom is 0.167 e. The molecule has 0 radical (unpaired) electrons. The monoisotopic (exact) mass is 193 g/mol. The lowest BCUT2D eigenvalue weighted by Gasteiger charge is -2.02. The second kappa shape index (κ2) is 3.42. The molecule has 1 heterocycles. The van der Waals surface area contributed by atoms with E-state index in [0.717, 1.165) is 16.7 Å². The second-order valence-electron chi connectivity index (χ2n) is 2.94. The van der Waals surface area contributed by atoms with Crippen LogP contribution in [0.1, 0.15) is 17.9 Å². The molecule has 0 amide bonds. The molecule has 2 rings (SSSR count). The van der Waals surface area contributed by atoms with Crippen LogP contribution in [0.2, 0.25) is 0 Å². The van der Waals surface area contributed by atoms with Gasteiger partial charge >= 0.3 is 0 Å². The molecule has 13 heavy (non-hydrogen) atoms. The maximum absolute atomic E-state index is 5.21. The van der Waals surface area contributed by atoms with Gasteiger partial charge in [-0.05, 0) is 25.3 Å². The van der Waals surface area contributed by atoms with Crippen molar-refractivity contribution in [1.29, 1.82) is 0 Å². The number of para-hydroxylation sites is 1. The molecule has 0 bridgehead atoms. The van der Waals surface area contributed by atoms with Crippen LogP contribution in [0.4, 0.5) is 0 Å². The molecule has 3 heteroatoms. The van der Waals surface area contributed by atoms with Crippen LogP contribution < -0.4 is 0 Å². The van der Waals surface area contributed by atoms with Crippen molar-refractivity contribution < 1.29 is 4.52 Å². The number of hydrogen-bond acceptors (Lipinski definition) is 3. The minimum Gasteiger partial charge on any atom is -0.356 e. The van der Waals surface area contributed by atoms with Crippen molar-refractivity contribution in [3.05, 3.63) is 30.0 Å². The molecular weight excluding hydrogens is 182 g/mol. The summed E-state index contributed by atoms with van der Waals surface area (Å²) in [5.41, 5.74) is 1.92. The fourth-order valence-electron chi connectivity index (χ4n) is 1.31. The maximum atomic E-state index is 5.21. The molecule has 2 aromatic rings. The number of rotatable bonds is 2. The van der Waals surface area contributed by atoms with E-state index < -0.39 is 0 Å². The first kappa shape index (κ1) is 8.63. The Morgan fingerprint density at radius 2 is 2.15 bits per heavy atom. The number of nitrogens with zero attached hydrogens (tertiary/aromatic N) is 1. The summed E-state index contributed by atoms with van der Waals surface area (Å²) in [6.07, 6.45) is 2.08. The summed E-state index contributed by atoms with van der Waals surface area (Å²) in [4.78, 5) is 0. The van der Waals surface area contributed by atoms with Gasteiger partial charge in [0.25, 0.3) is 0 Å². The van der Waals surface area contributed by atoms with Crippen molar-refractivity contribution in [3.63, 3.8) is 0 Å². The molecule has 68 valence electrons. The minimum atomic E-state index is 0.392. The van der Waals surface area contributed by atoms with Gasteiger partial charge in [-0.15, -0.1) is 0 Å². The highest BCUT2D eigenvalue weighted by molar-refractivity contribution is 7.98. The third-order valence-corrected chi connectivity index (χ3v) is 3.07. The molecule has 0 saturated heterocycles. The number of benzene rings is 1. The molecule has 1 aromatic heterocycles. The van der Waals surface area contributed by atoms with Gasteiger partial charge in [-0.25, -0.2) is 0 Å². The van der Waals surface area contributed by atoms with Crippen LogP contribution in [0.15, 0.2) is 28.8 Å². The average Bonchev–Trinajstić information content (AvgIpc) is 2.60.